The summed E-state index contributed by atoms with van der Waals surface area (Å²) in [4.78, 5) is 17.0. The number of aromatic nitrogens is 1. The first-order chi connectivity index (χ1) is 6.77. The fourth-order valence-electron chi connectivity index (χ4n) is 1.28. The fourth-order valence-corrected chi connectivity index (χ4v) is 1.28. The molecule has 0 unspecified atom stereocenters. The Morgan fingerprint density at radius 1 is 1.50 bits per heavy atom. The van der Waals surface area contributed by atoms with Gasteiger partial charge in [-0.1, -0.05) is 13.8 Å². The molecule has 1 N–H and O–H groups in total. The van der Waals surface area contributed by atoms with E-state index in [0.29, 0.717) is 6.54 Å². The Morgan fingerprint density at radius 3 is 2.93 bits per heavy atom. The summed E-state index contributed by atoms with van der Waals surface area (Å²) in [6.07, 6.45) is 1.72. The minimum absolute atomic E-state index is 0.0120. The molecule has 0 bridgehead atoms. The molecular weight excluding hydrogens is 178 g/mol. The number of hydrogen-bond donors (Lipinski definition) is 1. The summed E-state index contributed by atoms with van der Waals surface area (Å²) < 4.78 is 0. The molecule has 14 heavy (non-hydrogen) atoms. The molecule has 2 rings (SSSR count). The molecule has 1 aliphatic heterocycles. The van der Waals surface area contributed by atoms with Gasteiger partial charge in [-0.2, -0.15) is 0 Å². The van der Waals surface area contributed by atoms with Crippen molar-refractivity contribution in [3.8, 4) is 0 Å². The molecule has 1 aliphatic rings. The second-order valence-corrected chi connectivity index (χ2v) is 2.78. The van der Waals surface area contributed by atoms with Crippen LogP contribution in [0.25, 0.3) is 0 Å². The zero-order chi connectivity index (χ0) is 10.6. The number of hydrogen-bond acceptors (Lipinski definition) is 3. The Kier molecular flexibility index (Phi) is 3.45. The zero-order valence-electron chi connectivity index (χ0n) is 8.74. The van der Waals surface area contributed by atoms with E-state index in [4.69, 9.17) is 0 Å². The first-order valence-electron chi connectivity index (χ1n) is 4.73. The SMILES string of the molecule is CC.CN1CC(=O)Nc2cccnc21. The number of rotatable bonds is 0. The Labute approximate surface area is 83.9 Å². The van der Waals surface area contributed by atoms with Crippen molar-refractivity contribution in [2.24, 2.45) is 0 Å². The molecule has 1 aromatic rings. The summed E-state index contributed by atoms with van der Waals surface area (Å²) in [6.45, 7) is 4.38. The molecule has 2 heterocycles. The van der Waals surface area contributed by atoms with Gasteiger partial charge in [-0.3, -0.25) is 4.79 Å². The van der Waals surface area contributed by atoms with Gasteiger partial charge in [-0.15, -0.1) is 0 Å². The van der Waals surface area contributed by atoms with E-state index in [-0.39, 0.29) is 5.91 Å². The molecule has 0 atom stereocenters. The number of nitrogens with zero attached hydrogens (tertiary/aromatic N) is 2. The monoisotopic (exact) mass is 193 g/mol. The van der Waals surface area contributed by atoms with Gasteiger partial charge in [0.05, 0.1) is 12.2 Å². The normalized spacial score (nSPS) is 13.6. The standard InChI is InChI=1S/C8H9N3O.C2H6/c1-11-5-7(12)10-6-3-2-4-9-8(6)11;1-2/h2-4H,5H2,1H3,(H,10,12);1-2H3. The van der Waals surface area contributed by atoms with Crippen LogP contribution in [0.5, 0.6) is 0 Å². The van der Waals surface area contributed by atoms with Gasteiger partial charge in [-0.25, -0.2) is 4.98 Å². The third-order valence-electron chi connectivity index (χ3n) is 1.80. The minimum atomic E-state index is 0.0120. The third kappa shape index (κ3) is 2.02. The van der Waals surface area contributed by atoms with Crippen molar-refractivity contribution < 1.29 is 4.79 Å². The van der Waals surface area contributed by atoms with E-state index in [1.54, 1.807) is 12.3 Å². The number of carbonyl (C=O) groups excluding carboxylic acids is 1. The summed E-state index contributed by atoms with van der Waals surface area (Å²) in [5.41, 5.74) is 0.788. The average Bonchev–Trinajstić information content (AvgIpc) is 2.20. The van der Waals surface area contributed by atoms with Gasteiger partial charge in [0.15, 0.2) is 5.82 Å². The number of pyridine rings is 1. The topological polar surface area (TPSA) is 45.2 Å². The maximum absolute atomic E-state index is 11.1. The van der Waals surface area contributed by atoms with Gasteiger partial charge in [0.1, 0.15) is 0 Å². The predicted octanol–water partition coefficient (Wildman–Crippen LogP) is 1.50. The summed E-state index contributed by atoms with van der Waals surface area (Å²) in [5.74, 6) is 0.843. The van der Waals surface area contributed by atoms with Gasteiger partial charge in [0, 0.05) is 13.2 Å². The fraction of sp³-hybridized carbons (Fsp3) is 0.400. The molecule has 4 heteroatoms. The molecule has 0 aromatic carbocycles. The summed E-state index contributed by atoms with van der Waals surface area (Å²) in [5, 5.41) is 2.75. The Bertz CT molecular complexity index is 325. The Balaban J connectivity index is 0.000000461. The molecule has 76 valence electrons. The number of amides is 1. The summed E-state index contributed by atoms with van der Waals surface area (Å²) in [6, 6.07) is 3.65. The molecule has 1 aromatic heterocycles. The molecule has 4 nitrogen and oxygen atoms in total. The smallest absolute Gasteiger partial charge is 0.244 e. The van der Waals surface area contributed by atoms with Crippen molar-refractivity contribution in [2.75, 3.05) is 23.8 Å². The van der Waals surface area contributed by atoms with Crippen LogP contribution < -0.4 is 10.2 Å². The van der Waals surface area contributed by atoms with E-state index >= 15 is 0 Å². The molecule has 0 aliphatic carbocycles. The lowest BCUT2D eigenvalue weighted by Gasteiger charge is -2.25. The maximum atomic E-state index is 11.1. The number of anilines is 2. The lowest BCUT2D eigenvalue weighted by molar-refractivity contribution is -0.115. The minimum Gasteiger partial charge on any atom is -0.349 e. The highest BCUT2D eigenvalue weighted by molar-refractivity contribution is 5.99. The highest BCUT2D eigenvalue weighted by atomic mass is 16.2. The van der Waals surface area contributed by atoms with Crippen molar-refractivity contribution in [1.29, 1.82) is 0 Å². The molecule has 1 amide bonds. The van der Waals surface area contributed by atoms with E-state index in [1.165, 1.54) is 0 Å². The van der Waals surface area contributed by atoms with Crippen LogP contribution in [0.4, 0.5) is 11.5 Å². The number of likely N-dealkylation sites (N-methyl/N-ethyl adjacent to an activating group) is 1. The number of nitrogens with one attached hydrogen (secondary N) is 1. The van der Waals surface area contributed by atoms with Crippen LogP contribution in [0.2, 0.25) is 0 Å². The first-order valence-corrected chi connectivity index (χ1v) is 4.73. The van der Waals surface area contributed by atoms with Gasteiger partial charge in [0.25, 0.3) is 0 Å². The van der Waals surface area contributed by atoms with Crippen LogP contribution in [0.3, 0.4) is 0 Å². The number of carbonyl (C=O) groups is 1. The second-order valence-electron chi connectivity index (χ2n) is 2.78. The van der Waals surface area contributed by atoms with E-state index in [0.717, 1.165) is 11.5 Å². The van der Waals surface area contributed by atoms with Crippen LogP contribution in [-0.2, 0) is 4.79 Å². The predicted molar refractivity (Wildman–Crippen MR) is 57.5 cm³/mol. The first kappa shape index (κ1) is 10.5. The molecular formula is C10H15N3O. The van der Waals surface area contributed by atoms with Crippen LogP contribution >= 0.6 is 0 Å². The van der Waals surface area contributed by atoms with Gasteiger partial charge < -0.3 is 10.2 Å². The average molecular weight is 193 g/mol. The largest absolute Gasteiger partial charge is 0.349 e. The van der Waals surface area contributed by atoms with Gasteiger partial charge >= 0.3 is 0 Å². The highest BCUT2D eigenvalue weighted by Crippen LogP contribution is 2.24. The highest BCUT2D eigenvalue weighted by Gasteiger charge is 2.18. The van der Waals surface area contributed by atoms with Crippen LogP contribution in [0.1, 0.15) is 13.8 Å². The maximum Gasteiger partial charge on any atom is 0.244 e. The number of fused-ring (bicyclic) bond motifs is 1. The Morgan fingerprint density at radius 2 is 2.21 bits per heavy atom. The van der Waals surface area contributed by atoms with Crippen LogP contribution in [-0.4, -0.2) is 24.5 Å². The molecule has 0 saturated carbocycles. The van der Waals surface area contributed by atoms with Crippen LogP contribution in [0, 0.1) is 0 Å². The zero-order valence-corrected chi connectivity index (χ0v) is 8.74. The van der Waals surface area contributed by atoms with Crippen molar-refractivity contribution >= 4 is 17.4 Å². The molecule has 0 saturated heterocycles. The Hall–Kier alpha value is -1.58. The van der Waals surface area contributed by atoms with Crippen molar-refractivity contribution in [2.45, 2.75) is 13.8 Å². The van der Waals surface area contributed by atoms with Crippen molar-refractivity contribution in [3.63, 3.8) is 0 Å². The second kappa shape index (κ2) is 4.60. The van der Waals surface area contributed by atoms with Gasteiger partial charge in [-0.05, 0) is 12.1 Å². The van der Waals surface area contributed by atoms with E-state index in [1.807, 2.05) is 31.9 Å². The van der Waals surface area contributed by atoms with Crippen molar-refractivity contribution in [3.05, 3.63) is 18.3 Å². The molecule has 0 spiro atoms. The third-order valence-corrected chi connectivity index (χ3v) is 1.80. The summed E-state index contributed by atoms with van der Waals surface area (Å²) in [7, 11) is 1.85. The quantitative estimate of drug-likeness (QED) is 0.679. The van der Waals surface area contributed by atoms with Crippen LogP contribution in [0.15, 0.2) is 18.3 Å². The van der Waals surface area contributed by atoms with E-state index < -0.39 is 0 Å². The van der Waals surface area contributed by atoms with Gasteiger partial charge in [0.2, 0.25) is 5.91 Å². The summed E-state index contributed by atoms with van der Waals surface area (Å²) >= 11 is 0. The van der Waals surface area contributed by atoms with E-state index in [9.17, 15) is 4.79 Å². The molecule has 0 fully saturated rings. The van der Waals surface area contributed by atoms with E-state index in [2.05, 4.69) is 10.3 Å². The lowest BCUT2D eigenvalue weighted by atomic mass is 10.3. The lowest BCUT2D eigenvalue weighted by Crippen LogP contribution is -2.35. The van der Waals surface area contributed by atoms with Crippen molar-refractivity contribution in [1.82, 2.24) is 4.98 Å². The molecule has 0 radical (unpaired) electrons.